The quantitative estimate of drug-likeness (QED) is 0.297. The summed E-state index contributed by atoms with van der Waals surface area (Å²) in [4.78, 5) is 18.3. The van der Waals surface area contributed by atoms with Gasteiger partial charge in [0.05, 0.1) is 16.3 Å². The Labute approximate surface area is 165 Å². The van der Waals surface area contributed by atoms with Gasteiger partial charge in [0.15, 0.2) is 5.69 Å². The Balaban J connectivity index is 0.000000465. The SMILES string of the molecule is CN1C(=O)C[N+](C)=C(c2ccccc2Cl)c2nc(Cl)ccc21.O=S(=O)([O-])F. The number of benzene rings is 1. The Morgan fingerprint density at radius 3 is 2.41 bits per heavy atom. The molecule has 0 saturated heterocycles. The van der Waals surface area contributed by atoms with Gasteiger partial charge < -0.3 is 9.45 Å². The lowest BCUT2D eigenvalue weighted by molar-refractivity contribution is -0.483. The molecule has 0 fully saturated rings. The zero-order valence-corrected chi connectivity index (χ0v) is 16.5. The molecule has 0 radical (unpaired) electrons. The number of hydrogen-bond donors (Lipinski definition) is 0. The van der Waals surface area contributed by atoms with Crippen molar-refractivity contribution in [1.29, 1.82) is 0 Å². The summed E-state index contributed by atoms with van der Waals surface area (Å²) in [6, 6.07) is 11.0. The molecule has 0 N–H and O–H groups in total. The molecule has 1 aromatic carbocycles. The van der Waals surface area contributed by atoms with Gasteiger partial charge in [-0.2, -0.15) is 0 Å². The fourth-order valence-electron chi connectivity index (χ4n) is 2.56. The zero-order valence-electron chi connectivity index (χ0n) is 14.2. The van der Waals surface area contributed by atoms with Gasteiger partial charge in [-0.3, -0.25) is 4.79 Å². The number of aromatic nitrogens is 1. The van der Waals surface area contributed by atoms with Crippen LogP contribution in [0.4, 0.5) is 9.57 Å². The van der Waals surface area contributed by atoms with Gasteiger partial charge in [-0.15, -0.1) is 3.89 Å². The third-order valence-corrected chi connectivity index (χ3v) is 4.22. The Hall–Kier alpha value is -2.07. The second kappa shape index (κ2) is 8.30. The number of pyridine rings is 1. The minimum Gasteiger partial charge on any atom is -0.722 e. The molecule has 0 spiro atoms. The predicted octanol–water partition coefficient (Wildman–Crippen LogP) is 2.26. The summed E-state index contributed by atoms with van der Waals surface area (Å²) in [6.07, 6.45) is 0. The van der Waals surface area contributed by atoms with E-state index in [-0.39, 0.29) is 12.5 Å². The average molecular weight is 434 g/mol. The summed E-state index contributed by atoms with van der Waals surface area (Å²) in [5.74, 6) is -0.0186. The first-order valence-corrected chi connectivity index (χ1v) is 9.47. The van der Waals surface area contributed by atoms with Crippen LogP contribution in [0.2, 0.25) is 10.2 Å². The molecule has 0 aliphatic carbocycles. The summed E-state index contributed by atoms with van der Waals surface area (Å²) in [5, 5.41) is 0.980. The van der Waals surface area contributed by atoms with Crippen LogP contribution in [0, 0.1) is 0 Å². The molecule has 7 nitrogen and oxygen atoms in total. The summed E-state index contributed by atoms with van der Waals surface area (Å²) in [5.41, 5.74) is 2.98. The molecular weight excluding hydrogens is 420 g/mol. The second-order valence-electron chi connectivity index (χ2n) is 5.53. The summed E-state index contributed by atoms with van der Waals surface area (Å²) in [6.45, 7) is 0.241. The first-order chi connectivity index (χ1) is 12.5. The van der Waals surface area contributed by atoms with Crippen molar-refractivity contribution in [3.8, 4) is 0 Å². The highest BCUT2D eigenvalue weighted by atomic mass is 35.5. The van der Waals surface area contributed by atoms with Crippen LogP contribution in [0.5, 0.6) is 0 Å². The topological polar surface area (TPSA) is 93.4 Å². The first kappa shape index (κ1) is 21.2. The first-order valence-electron chi connectivity index (χ1n) is 7.41. The molecule has 144 valence electrons. The average Bonchev–Trinajstić information content (AvgIpc) is 2.62. The molecule has 0 bridgehead atoms. The van der Waals surface area contributed by atoms with Crippen molar-refractivity contribution in [2.24, 2.45) is 0 Å². The van der Waals surface area contributed by atoms with E-state index in [4.69, 9.17) is 36.2 Å². The maximum absolute atomic E-state index is 12.3. The minimum atomic E-state index is -5.42. The molecule has 1 aliphatic heterocycles. The lowest BCUT2D eigenvalue weighted by atomic mass is 10.0. The highest BCUT2D eigenvalue weighted by molar-refractivity contribution is 7.80. The van der Waals surface area contributed by atoms with Crippen LogP contribution in [0.1, 0.15) is 11.3 Å². The van der Waals surface area contributed by atoms with E-state index >= 15 is 0 Å². The van der Waals surface area contributed by atoms with E-state index in [1.54, 1.807) is 24.1 Å². The Kier molecular flexibility index (Phi) is 6.53. The van der Waals surface area contributed by atoms with E-state index in [0.717, 1.165) is 11.3 Å². The number of anilines is 1. The lowest BCUT2D eigenvalue weighted by Gasteiger charge is -2.15. The van der Waals surface area contributed by atoms with E-state index in [2.05, 4.69) is 4.98 Å². The van der Waals surface area contributed by atoms with Crippen molar-refractivity contribution in [1.82, 2.24) is 4.98 Å². The van der Waals surface area contributed by atoms with Crippen LogP contribution >= 0.6 is 23.2 Å². The van der Waals surface area contributed by atoms with Gasteiger partial charge >= 0.3 is 0 Å². The predicted molar refractivity (Wildman–Crippen MR) is 99.2 cm³/mol. The molecule has 27 heavy (non-hydrogen) atoms. The van der Waals surface area contributed by atoms with Crippen molar-refractivity contribution in [2.75, 3.05) is 25.5 Å². The second-order valence-corrected chi connectivity index (χ2v) is 7.11. The molecule has 2 heterocycles. The van der Waals surface area contributed by atoms with Gasteiger partial charge in [0, 0.05) is 7.05 Å². The number of fused-ring (bicyclic) bond motifs is 1. The van der Waals surface area contributed by atoms with Crippen LogP contribution in [0.3, 0.4) is 0 Å². The van der Waals surface area contributed by atoms with Gasteiger partial charge in [-0.05, 0) is 24.3 Å². The third-order valence-electron chi connectivity index (χ3n) is 3.68. The van der Waals surface area contributed by atoms with Gasteiger partial charge in [-0.25, -0.2) is 18.0 Å². The van der Waals surface area contributed by atoms with Crippen LogP contribution in [-0.2, 0) is 15.3 Å². The number of halogens is 3. The number of carbonyl (C=O) groups excluding carboxylic acids is 1. The molecule has 3 rings (SSSR count). The van der Waals surface area contributed by atoms with Gasteiger partial charge in [0.25, 0.3) is 16.4 Å². The van der Waals surface area contributed by atoms with E-state index < -0.39 is 10.5 Å². The molecular formula is C16H14Cl2FN3O4S. The number of carbonyl (C=O) groups is 1. The zero-order chi connectivity index (χ0) is 20.4. The van der Waals surface area contributed by atoms with E-state index in [9.17, 15) is 8.68 Å². The summed E-state index contributed by atoms with van der Waals surface area (Å²) < 4.78 is 37.2. The maximum atomic E-state index is 12.3. The third kappa shape index (κ3) is 5.46. The Morgan fingerprint density at radius 2 is 1.81 bits per heavy atom. The van der Waals surface area contributed by atoms with Crippen molar-refractivity contribution in [3.63, 3.8) is 0 Å². The van der Waals surface area contributed by atoms with Crippen LogP contribution in [-0.4, -0.2) is 54.8 Å². The number of hydrogen-bond acceptors (Lipinski definition) is 5. The fourth-order valence-corrected chi connectivity index (χ4v) is 2.94. The summed E-state index contributed by atoms with van der Waals surface area (Å²) in [7, 11) is -1.83. The smallest absolute Gasteiger partial charge is 0.292 e. The minimum absolute atomic E-state index is 0.0186. The molecule has 1 amide bonds. The van der Waals surface area contributed by atoms with Crippen molar-refractivity contribution in [3.05, 3.63) is 57.8 Å². The number of nitrogens with zero attached hydrogens (tertiary/aromatic N) is 3. The molecule has 2 aromatic rings. The highest BCUT2D eigenvalue weighted by Gasteiger charge is 2.32. The Morgan fingerprint density at radius 1 is 1.22 bits per heavy atom. The van der Waals surface area contributed by atoms with Crippen LogP contribution in [0.25, 0.3) is 0 Å². The number of rotatable bonds is 1. The van der Waals surface area contributed by atoms with Gasteiger partial charge in [0.1, 0.15) is 12.2 Å². The molecule has 11 heteroatoms. The van der Waals surface area contributed by atoms with Crippen molar-refractivity contribution >= 4 is 51.0 Å². The molecule has 0 saturated carbocycles. The van der Waals surface area contributed by atoms with E-state index in [1.807, 2.05) is 35.9 Å². The standard InChI is InChI=1S/C16H14Cl2N3O.FHO3S/c1-20-9-14(22)21(2)12-7-8-13(18)19-15(12)16(20)10-5-3-4-6-11(10)17;1-5(2,3)4/h3-8H,9H2,1-2H3;(H,2,3,4)/q+1;/p-1. The summed E-state index contributed by atoms with van der Waals surface area (Å²) >= 11 is 12.4. The normalized spacial score (nSPS) is 14.3. The monoisotopic (exact) mass is 433 g/mol. The fraction of sp³-hybridized carbons (Fsp3) is 0.188. The van der Waals surface area contributed by atoms with E-state index in [1.165, 1.54) is 0 Å². The molecule has 0 atom stereocenters. The van der Waals surface area contributed by atoms with Crippen molar-refractivity contribution in [2.45, 2.75) is 0 Å². The highest BCUT2D eigenvalue weighted by Crippen LogP contribution is 2.28. The largest absolute Gasteiger partial charge is 0.722 e. The van der Waals surface area contributed by atoms with Gasteiger partial charge in [-0.1, -0.05) is 35.3 Å². The molecule has 1 aromatic heterocycles. The number of amides is 1. The Bertz CT molecular complexity index is 1020. The van der Waals surface area contributed by atoms with Crippen LogP contribution < -0.4 is 4.90 Å². The maximum Gasteiger partial charge on any atom is 0.292 e. The lowest BCUT2D eigenvalue weighted by Crippen LogP contribution is -2.31. The van der Waals surface area contributed by atoms with Crippen LogP contribution in [0.15, 0.2) is 36.4 Å². The van der Waals surface area contributed by atoms with Crippen molar-refractivity contribution < 1.29 is 26.2 Å². The molecule has 0 unspecified atom stereocenters. The molecule has 1 aliphatic rings. The number of likely N-dealkylation sites (N-methyl/N-ethyl adjacent to an activating group) is 2. The van der Waals surface area contributed by atoms with Gasteiger partial charge in [0.2, 0.25) is 12.3 Å². The van der Waals surface area contributed by atoms with E-state index in [0.29, 0.717) is 21.6 Å².